The first-order valence-electron chi connectivity index (χ1n) is 10.6. The predicted molar refractivity (Wildman–Crippen MR) is 136 cm³/mol. The summed E-state index contributed by atoms with van der Waals surface area (Å²) < 4.78 is 0. The number of carboxylic acids is 2. The van der Waals surface area contributed by atoms with Gasteiger partial charge in [-0.05, 0) is 72.8 Å². The Hall–Kier alpha value is -4.58. The summed E-state index contributed by atoms with van der Waals surface area (Å²) in [7, 11) is 3.90. The summed E-state index contributed by atoms with van der Waals surface area (Å²) in [6.45, 7) is 0. The van der Waals surface area contributed by atoms with E-state index in [9.17, 15) is 9.59 Å². The van der Waals surface area contributed by atoms with Crippen LogP contribution < -0.4 is 9.80 Å². The Balaban J connectivity index is 0.000000191. The molecule has 0 spiro atoms. The van der Waals surface area contributed by atoms with Crippen LogP contribution >= 0.6 is 0 Å². The molecule has 0 aliphatic rings. The average molecular weight is 455 g/mol. The van der Waals surface area contributed by atoms with Crippen molar-refractivity contribution in [3.8, 4) is 0 Å². The number of rotatable bonds is 6. The van der Waals surface area contributed by atoms with Crippen LogP contribution in [0.5, 0.6) is 0 Å². The molecular formula is C28H26N2O4. The summed E-state index contributed by atoms with van der Waals surface area (Å²) in [6, 6.07) is 33.5. The lowest BCUT2D eigenvalue weighted by atomic mass is 10.2. The number of hydrogen-bond acceptors (Lipinski definition) is 4. The first-order chi connectivity index (χ1) is 16.4. The van der Waals surface area contributed by atoms with E-state index in [1.807, 2.05) is 84.6 Å². The monoisotopic (exact) mass is 454 g/mol. The second kappa shape index (κ2) is 11.3. The van der Waals surface area contributed by atoms with Gasteiger partial charge < -0.3 is 20.0 Å². The zero-order valence-corrected chi connectivity index (χ0v) is 19.0. The highest BCUT2D eigenvalue weighted by molar-refractivity contribution is 5.88. The van der Waals surface area contributed by atoms with Crippen molar-refractivity contribution in [3.05, 3.63) is 120 Å². The number of para-hydroxylation sites is 2. The minimum atomic E-state index is -0.904. The molecule has 4 aromatic carbocycles. The van der Waals surface area contributed by atoms with Crippen molar-refractivity contribution in [2.45, 2.75) is 0 Å². The molecule has 0 saturated carbocycles. The lowest BCUT2D eigenvalue weighted by Gasteiger charge is -2.19. The van der Waals surface area contributed by atoms with Crippen LogP contribution in [0.25, 0.3) is 0 Å². The van der Waals surface area contributed by atoms with Crippen molar-refractivity contribution in [1.29, 1.82) is 0 Å². The minimum absolute atomic E-state index is 0.301. The van der Waals surface area contributed by atoms with Gasteiger partial charge in [0.15, 0.2) is 0 Å². The number of aromatic carboxylic acids is 2. The largest absolute Gasteiger partial charge is 0.478 e. The molecule has 0 fully saturated rings. The van der Waals surface area contributed by atoms with Gasteiger partial charge in [0, 0.05) is 36.8 Å². The molecular weight excluding hydrogens is 428 g/mol. The Morgan fingerprint density at radius 3 is 1.00 bits per heavy atom. The molecule has 0 unspecified atom stereocenters. The number of nitrogens with zero attached hydrogens (tertiary/aromatic N) is 2. The van der Waals surface area contributed by atoms with Crippen molar-refractivity contribution in [3.63, 3.8) is 0 Å². The highest BCUT2D eigenvalue weighted by atomic mass is 16.4. The average Bonchev–Trinajstić information content (AvgIpc) is 2.89. The summed E-state index contributed by atoms with van der Waals surface area (Å²) in [4.78, 5) is 25.5. The lowest BCUT2D eigenvalue weighted by molar-refractivity contribution is 0.0686. The molecule has 2 N–H and O–H groups in total. The third-order valence-corrected chi connectivity index (χ3v) is 5.29. The van der Waals surface area contributed by atoms with Gasteiger partial charge in [-0.3, -0.25) is 0 Å². The third kappa shape index (κ3) is 6.23. The zero-order chi connectivity index (χ0) is 24.5. The Morgan fingerprint density at radius 1 is 0.471 bits per heavy atom. The van der Waals surface area contributed by atoms with Gasteiger partial charge in [0.2, 0.25) is 0 Å². The van der Waals surface area contributed by atoms with E-state index >= 15 is 0 Å². The van der Waals surface area contributed by atoms with Gasteiger partial charge >= 0.3 is 11.9 Å². The number of hydrogen-bond donors (Lipinski definition) is 2. The summed E-state index contributed by atoms with van der Waals surface area (Å²) in [5.41, 5.74) is 4.65. The van der Waals surface area contributed by atoms with Crippen molar-refractivity contribution >= 4 is 34.7 Å². The van der Waals surface area contributed by atoms with Crippen LogP contribution in [0, 0.1) is 0 Å². The van der Waals surface area contributed by atoms with Crippen LogP contribution in [0.2, 0.25) is 0 Å². The normalized spacial score (nSPS) is 9.94. The van der Waals surface area contributed by atoms with Crippen molar-refractivity contribution < 1.29 is 19.8 Å². The maximum Gasteiger partial charge on any atom is 0.335 e. The van der Waals surface area contributed by atoms with Gasteiger partial charge in [-0.1, -0.05) is 36.4 Å². The summed E-state index contributed by atoms with van der Waals surface area (Å²) in [5.74, 6) is -1.81. The fourth-order valence-corrected chi connectivity index (χ4v) is 3.26. The first-order valence-corrected chi connectivity index (χ1v) is 10.6. The number of anilines is 4. The van der Waals surface area contributed by atoms with E-state index in [0.29, 0.717) is 11.1 Å². The van der Waals surface area contributed by atoms with E-state index in [1.54, 1.807) is 48.5 Å². The molecule has 0 aliphatic carbocycles. The van der Waals surface area contributed by atoms with Gasteiger partial charge in [0.1, 0.15) is 0 Å². The molecule has 6 nitrogen and oxygen atoms in total. The molecule has 172 valence electrons. The zero-order valence-electron chi connectivity index (χ0n) is 19.0. The third-order valence-electron chi connectivity index (χ3n) is 5.29. The van der Waals surface area contributed by atoms with Gasteiger partial charge in [0.05, 0.1) is 11.1 Å². The SMILES string of the molecule is CN(c1ccccc1)c1ccc(C(=O)O)cc1.CN(c1ccccc1)c1ccc(C(=O)O)cc1. The van der Waals surface area contributed by atoms with Gasteiger partial charge in [-0.25, -0.2) is 9.59 Å². The van der Waals surface area contributed by atoms with E-state index in [1.165, 1.54) is 0 Å². The van der Waals surface area contributed by atoms with Crippen molar-refractivity contribution in [2.75, 3.05) is 23.9 Å². The standard InChI is InChI=1S/2C14H13NO2/c2*1-15(12-5-3-2-4-6-12)13-9-7-11(8-10-13)14(16)17/h2*2-10H,1H3,(H,16,17). The van der Waals surface area contributed by atoms with Crippen LogP contribution in [-0.4, -0.2) is 36.2 Å². The van der Waals surface area contributed by atoms with Gasteiger partial charge in [0.25, 0.3) is 0 Å². The second-order valence-electron chi connectivity index (χ2n) is 7.49. The summed E-state index contributed by atoms with van der Waals surface area (Å²) in [6.07, 6.45) is 0. The molecule has 0 aromatic heterocycles. The van der Waals surface area contributed by atoms with Crippen LogP contribution in [0.4, 0.5) is 22.7 Å². The Morgan fingerprint density at radius 2 is 0.735 bits per heavy atom. The van der Waals surface area contributed by atoms with E-state index in [0.717, 1.165) is 22.7 Å². The van der Waals surface area contributed by atoms with Crippen LogP contribution in [-0.2, 0) is 0 Å². The molecule has 6 heteroatoms. The van der Waals surface area contributed by atoms with E-state index in [-0.39, 0.29) is 0 Å². The molecule has 4 aromatic rings. The molecule has 0 radical (unpaired) electrons. The molecule has 0 atom stereocenters. The maximum atomic E-state index is 10.7. The van der Waals surface area contributed by atoms with Crippen molar-refractivity contribution in [2.24, 2.45) is 0 Å². The van der Waals surface area contributed by atoms with Gasteiger partial charge in [-0.15, -0.1) is 0 Å². The Kier molecular flexibility index (Phi) is 8.02. The maximum absolute atomic E-state index is 10.7. The topological polar surface area (TPSA) is 81.1 Å². The summed E-state index contributed by atoms with van der Waals surface area (Å²) >= 11 is 0. The predicted octanol–water partition coefficient (Wildman–Crippen LogP) is 6.31. The fraction of sp³-hybridized carbons (Fsp3) is 0.0714. The molecule has 0 amide bonds. The first kappa shape index (κ1) is 24.1. The molecule has 4 rings (SSSR count). The van der Waals surface area contributed by atoms with Crippen LogP contribution in [0.3, 0.4) is 0 Å². The molecule has 34 heavy (non-hydrogen) atoms. The number of benzene rings is 4. The molecule has 0 heterocycles. The minimum Gasteiger partial charge on any atom is -0.478 e. The molecule has 0 saturated heterocycles. The molecule has 0 aliphatic heterocycles. The highest BCUT2D eigenvalue weighted by Gasteiger charge is 2.07. The van der Waals surface area contributed by atoms with E-state index in [2.05, 4.69) is 0 Å². The Bertz CT molecular complexity index is 1110. The quantitative estimate of drug-likeness (QED) is 0.356. The number of carbonyl (C=O) groups is 2. The van der Waals surface area contributed by atoms with Crippen LogP contribution in [0.1, 0.15) is 20.7 Å². The highest BCUT2D eigenvalue weighted by Crippen LogP contribution is 2.24. The summed E-state index contributed by atoms with van der Waals surface area (Å²) in [5, 5.41) is 17.6. The number of carboxylic acid groups (broad SMARTS) is 2. The molecule has 0 bridgehead atoms. The smallest absolute Gasteiger partial charge is 0.335 e. The fourth-order valence-electron chi connectivity index (χ4n) is 3.26. The van der Waals surface area contributed by atoms with Gasteiger partial charge in [-0.2, -0.15) is 0 Å². The van der Waals surface area contributed by atoms with Crippen molar-refractivity contribution in [1.82, 2.24) is 0 Å². The second-order valence-corrected chi connectivity index (χ2v) is 7.49. The van der Waals surface area contributed by atoms with E-state index < -0.39 is 11.9 Å². The van der Waals surface area contributed by atoms with Crippen LogP contribution in [0.15, 0.2) is 109 Å². The lowest BCUT2D eigenvalue weighted by Crippen LogP contribution is -2.09. The van der Waals surface area contributed by atoms with E-state index in [4.69, 9.17) is 10.2 Å². The Labute approximate surface area is 198 Å².